The van der Waals surface area contributed by atoms with Gasteiger partial charge >= 0.3 is 0 Å². The molecule has 0 aliphatic rings. The fraction of sp³-hybridized carbons (Fsp3) is 0.0769. The van der Waals surface area contributed by atoms with Crippen LogP contribution < -0.4 is 10.5 Å². The van der Waals surface area contributed by atoms with Crippen molar-refractivity contribution in [3.8, 4) is 11.5 Å². The van der Waals surface area contributed by atoms with Gasteiger partial charge in [0, 0.05) is 6.07 Å². The van der Waals surface area contributed by atoms with Gasteiger partial charge in [-0.3, -0.25) is 0 Å². The van der Waals surface area contributed by atoms with Gasteiger partial charge in [0.2, 0.25) is 0 Å². The molecule has 2 nitrogen and oxygen atoms in total. The molecule has 2 aromatic rings. The number of ether oxygens (including phenoxy) is 1. The maximum Gasteiger partial charge on any atom is 0.153 e. The lowest BCUT2D eigenvalue weighted by Gasteiger charge is -2.08. The van der Waals surface area contributed by atoms with Crippen molar-refractivity contribution in [3.05, 3.63) is 53.8 Å². The average molecular weight is 217 g/mol. The summed E-state index contributed by atoms with van der Waals surface area (Å²) in [4.78, 5) is 0. The van der Waals surface area contributed by atoms with Gasteiger partial charge in [0.1, 0.15) is 11.6 Å². The van der Waals surface area contributed by atoms with Gasteiger partial charge in [-0.05, 0) is 36.8 Å². The van der Waals surface area contributed by atoms with Crippen LogP contribution in [0.5, 0.6) is 11.5 Å². The molecule has 0 heterocycles. The number of benzene rings is 2. The maximum atomic E-state index is 13.0. The topological polar surface area (TPSA) is 35.2 Å². The molecule has 82 valence electrons. The Morgan fingerprint density at radius 1 is 1.12 bits per heavy atom. The van der Waals surface area contributed by atoms with Crippen LogP contribution in [0.4, 0.5) is 10.1 Å². The summed E-state index contributed by atoms with van der Waals surface area (Å²) in [6, 6.07) is 11.6. The average Bonchev–Trinajstić information content (AvgIpc) is 2.24. The standard InChI is InChI=1S/C13H12FNO/c1-9-3-2-4-11(7-9)16-13-8-10(14)5-6-12(13)15/h2-8H,15H2,1H3. The van der Waals surface area contributed by atoms with Gasteiger partial charge in [-0.25, -0.2) is 4.39 Å². The molecule has 0 atom stereocenters. The van der Waals surface area contributed by atoms with E-state index >= 15 is 0 Å². The minimum atomic E-state index is -0.364. The molecular weight excluding hydrogens is 205 g/mol. The Morgan fingerprint density at radius 3 is 2.69 bits per heavy atom. The van der Waals surface area contributed by atoms with E-state index in [2.05, 4.69) is 0 Å². The molecule has 0 aliphatic heterocycles. The molecule has 2 rings (SSSR count). The highest BCUT2D eigenvalue weighted by atomic mass is 19.1. The number of hydrogen-bond acceptors (Lipinski definition) is 2. The summed E-state index contributed by atoms with van der Waals surface area (Å²) in [7, 11) is 0. The first-order chi connectivity index (χ1) is 7.65. The van der Waals surface area contributed by atoms with E-state index in [1.807, 2.05) is 25.1 Å². The normalized spacial score (nSPS) is 10.1. The quantitative estimate of drug-likeness (QED) is 0.781. The minimum absolute atomic E-state index is 0.339. The van der Waals surface area contributed by atoms with Gasteiger partial charge in [0.15, 0.2) is 5.75 Å². The van der Waals surface area contributed by atoms with Crippen molar-refractivity contribution >= 4 is 5.69 Å². The van der Waals surface area contributed by atoms with E-state index in [0.717, 1.165) is 5.56 Å². The largest absolute Gasteiger partial charge is 0.455 e. The summed E-state index contributed by atoms with van der Waals surface area (Å²) < 4.78 is 18.5. The Kier molecular flexibility index (Phi) is 2.77. The third-order valence-corrected chi connectivity index (χ3v) is 2.19. The van der Waals surface area contributed by atoms with Crippen LogP contribution in [0, 0.1) is 12.7 Å². The first kappa shape index (κ1) is 10.5. The van der Waals surface area contributed by atoms with Crippen molar-refractivity contribution in [2.45, 2.75) is 6.92 Å². The maximum absolute atomic E-state index is 13.0. The molecule has 0 aromatic heterocycles. The van der Waals surface area contributed by atoms with Crippen LogP contribution >= 0.6 is 0 Å². The molecule has 2 N–H and O–H groups in total. The van der Waals surface area contributed by atoms with Gasteiger partial charge in [-0.2, -0.15) is 0 Å². The summed E-state index contributed by atoms with van der Waals surface area (Å²) in [5, 5.41) is 0. The van der Waals surface area contributed by atoms with Gasteiger partial charge in [-0.15, -0.1) is 0 Å². The Hall–Kier alpha value is -2.03. The second-order valence-electron chi connectivity index (χ2n) is 3.60. The lowest BCUT2D eigenvalue weighted by atomic mass is 10.2. The molecule has 0 amide bonds. The lowest BCUT2D eigenvalue weighted by molar-refractivity contribution is 0.479. The van der Waals surface area contributed by atoms with Gasteiger partial charge < -0.3 is 10.5 Å². The Morgan fingerprint density at radius 2 is 1.94 bits per heavy atom. The molecule has 0 bridgehead atoms. The third-order valence-electron chi connectivity index (χ3n) is 2.19. The highest BCUT2D eigenvalue weighted by Gasteiger charge is 2.03. The zero-order chi connectivity index (χ0) is 11.5. The van der Waals surface area contributed by atoms with E-state index in [9.17, 15) is 4.39 Å². The van der Waals surface area contributed by atoms with Crippen LogP contribution in [-0.2, 0) is 0 Å². The van der Waals surface area contributed by atoms with E-state index in [-0.39, 0.29) is 5.82 Å². The summed E-state index contributed by atoms with van der Waals surface area (Å²) in [5.41, 5.74) is 7.18. The first-order valence-corrected chi connectivity index (χ1v) is 4.95. The second kappa shape index (κ2) is 4.23. The predicted octanol–water partition coefficient (Wildman–Crippen LogP) is 3.51. The van der Waals surface area contributed by atoms with Crippen molar-refractivity contribution in [1.29, 1.82) is 0 Å². The van der Waals surface area contributed by atoms with Crippen molar-refractivity contribution in [2.75, 3.05) is 5.73 Å². The molecule has 0 radical (unpaired) electrons. The Bertz CT molecular complexity index is 511. The number of rotatable bonds is 2. The fourth-order valence-electron chi connectivity index (χ4n) is 1.40. The highest BCUT2D eigenvalue weighted by molar-refractivity contribution is 5.53. The summed E-state index contributed by atoms with van der Waals surface area (Å²) in [6.45, 7) is 1.96. The number of nitrogens with two attached hydrogens (primary N) is 1. The minimum Gasteiger partial charge on any atom is -0.455 e. The van der Waals surface area contributed by atoms with E-state index < -0.39 is 0 Å². The molecule has 0 saturated carbocycles. The molecule has 0 unspecified atom stereocenters. The number of halogens is 1. The van der Waals surface area contributed by atoms with Crippen LogP contribution in [0.25, 0.3) is 0 Å². The van der Waals surface area contributed by atoms with Crippen LogP contribution in [0.15, 0.2) is 42.5 Å². The van der Waals surface area contributed by atoms with Gasteiger partial charge in [-0.1, -0.05) is 12.1 Å². The van der Waals surface area contributed by atoms with Crippen LogP contribution in [0.3, 0.4) is 0 Å². The van der Waals surface area contributed by atoms with E-state index in [1.54, 1.807) is 6.07 Å². The molecule has 2 aromatic carbocycles. The van der Waals surface area contributed by atoms with Crippen molar-refractivity contribution in [3.63, 3.8) is 0 Å². The van der Waals surface area contributed by atoms with E-state index in [0.29, 0.717) is 17.2 Å². The van der Waals surface area contributed by atoms with Crippen molar-refractivity contribution in [1.82, 2.24) is 0 Å². The van der Waals surface area contributed by atoms with Crippen molar-refractivity contribution < 1.29 is 9.13 Å². The Labute approximate surface area is 93.5 Å². The molecular formula is C13H12FNO. The highest BCUT2D eigenvalue weighted by Crippen LogP contribution is 2.28. The number of anilines is 1. The van der Waals surface area contributed by atoms with Crippen LogP contribution in [0.2, 0.25) is 0 Å². The number of nitrogen functional groups attached to an aromatic ring is 1. The predicted molar refractivity (Wildman–Crippen MR) is 62.1 cm³/mol. The fourth-order valence-corrected chi connectivity index (χ4v) is 1.40. The lowest BCUT2D eigenvalue weighted by Crippen LogP contribution is -1.93. The summed E-state index contributed by atoms with van der Waals surface area (Å²) in [6.07, 6.45) is 0. The first-order valence-electron chi connectivity index (χ1n) is 4.95. The molecule has 16 heavy (non-hydrogen) atoms. The van der Waals surface area contributed by atoms with Crippen molar-refractivity contribution in [2.24, 2.45) is 0 Å². The molecule has 0 saturated heterocycles. The zero-order valence-corrected chi connectivity index (χ0v) is 8.91. The van der Waals surface area contributed by atoms with Crippen LogP contribution in [-0.4, -0.2) is 0 Å². The second-order valence-corrected chi connectivity index (χ2v) is 3.60. The number of aryl methyl sites for hydroxylation is 1. The van der Waals surface area contributed by atoms with E-state index in [4.69, 9.17) is 10.5 Å². The number of hydrogen-bond donors (Lipinski definition) is 1. The summed E-state index contributed by atoms with van der Waals surface area (Å²) >= 11 is 0. The smallest absolute Gasteiger partial charge is 0.153 e. The molecule has 0 aliphatic carbocycles. The molecule has 3 heteroatoms. The zero-order valence-electron chi connectivity index (χ0n) is 8.91. The molecule has 0 spiro atoms. The monoisotopic (exact) mass is 217 g/mol. The Balaban J connectivity index is 2.30. The molecule has 0 fully saturated rings. The van der Waals surface area contributed by atoms with E-state index in [1.165, 1.54) is 18.2 Å². The van der Waals surface area contributed by atoms with Gasteiger partial charge in [0.05, 0.1) is 5.69 Å². The summed E-state index contributed by atoms with van der Waals surface area (Å²) in [5.74, 6) is 0.625. The van der Waals surface area contributed by atoms with Crippen LogP contribution in [0.1, 0.15) is 5.56 Å². The SMILES string of the molecule is Cc1cccc(Oc2cc(F)ccc2N)c1. The van der Waals surface area contributed by atoms with Gasteiger partial charge in [0.25, 0.3) is 0 Å². The third kappa shape index (κ3) is 2.31.